The summed E-state index contributed by atoms with van der Waals surface area (Å²) in [4.78, 5) is 32.0. The number of para-hydroxylation sites is 2. The molecule has 2 amide bonds. The first-order valence-electron chi connectivity index (χ1n) is 13.4. The molecule has 0 spiro atoms. The van der Waals surface area contributed by atoms with Crippen molar-refractivity contribution in [1.82, 2.24) is 9.80 Å². The second-order valence-electron chi connectivity index (χ2n) is 9.99. The smallest absolute Gasteiger partial charge is 0.265 e. The van der Waals surface area contributed by atoms with Crippen LogP contribution in [0.4, 0.5) is 5.69 Å². The molecule has 6 nitrogen and oxygen atoms in total. The van der Waals surface area contributed by atoms with E-state index in [0.717, 1.165) is 24.3 Å². The molecule has 0 bridgehead atoms. The minimum Gasteiger partial charge on any atom is -0.482 e. The Hall–Kier alpha value is -4.42. The zero-order chi connectivity index (χ0) is 26.6. The molecule has 2 heterocycles. The number of hydrogen-bond donors (Lipinski definition) is 0. The van der Waals surface area contributed by atoms with Gasteiger partial charge in [-0.05, 0) is 41.0 Å². The number of benzene rings is 4. The van der Waals surface area contributed by atoms with Crippen molar-refractivity contribution in [3.63, 3.8) is 0 Å². The zero-order valence-electron chi connectivity index (χ0n) is 21.8. The summed E-state index contributed by atoms with van der Waals surface area (Å²) in [7, 11) is 0. The van der Waals surface area contributed by atoms with Crippen LogP contribution < -0.4 is 9.64 Å². The summed E-state index contributed by atoms with van der Waals surface area (Å²) in [6.07, 6.45) is 0. The molecule has 0 saturated carbocycles. The number of carbonyl (C=O) groups excluding carboxylic acids is 2. The number of anilines is 1. The van der Waals surface area contributed by atoms with Gasteiger partial charge < -0.3 is 14.5 Å². The van der Waals surface area contributed by atoms with Gasteiger partial charge in [-0.15, -0.1) is 0 Å². The van der Waals surface area contributed by atoms with Crippen molar-refractivity contribution in [2.75, 3.05) is 37.7 Å². The highest BCUT2D eigenvalue weighted by Gasteiger charge is 2.29. The summed E-state index contributed by atoms with van der Waals surface area (Å²) in [5, 5.41) is 0. The molecule has 1 fully saturated rings. The Morgan fingerprint density at radius 3 is 1.95 bits per heavy atom. The summed E-state index contributed by atoms with van der Waals surface area (Å²) in [6, 6.07) is 36.5. The average Bonchev–Trinajstić information content (AvgIpc) is 3.00. The van der Waals surface area contributed by atoms with Gasteiger partial charge in [0.05, 0.1) is 18.3 Å². The maximum absolute atomic E-state index is 13.4. The van der Waals surface area contributed by atoms with Crippen LogP contribution in [0.15, 0.2) is 109 Å². The Labute approximate surface area is 229 Å². The van der Waals surface area contributed by atoms with Gasteiger partial charge in [0.1, 0.15) is 5.75 Å². The molecule has 0 radical (unpaired) electrons. The molecule has 6 heteroatoms. The minimum absolute atomic E-state index is 0.0367. The number of carbonyl (C=O) groups is 2. The molecule has 1 saturated heterocycles. The number of rotatable bonds is 6. The van der Waals surface area contributed by atoms with Gasteiger partial charge in [0.25, 0.3) is 11.8 Å². The van der Waals surface area contributed by atoms with E-state index in [1.54, 1.807) is 4.90 Å². The van der Waals surface area contributed by atoms with E-state index in [9.17, 15) is 9.59 Å². The molecular formula is C33H31N3O3. The Morgan fingerprint density at radius 2 is 1.31 bits per heavy atom. The van der Waals surface area contributed by atoms with Crippen LogP contribution in [0.25, 0.3) is 0 Å². The molecule has 6 rings (SSSR count). The average molecular weight is 518 g/mol. The normalized spacial score (nSPS) is 15.7. The van der Waals surface area contributed by atoms with Crippen molar-refractivity contribution in [3.05, 3.63) is 131 Å². The number of nitrogens with zero attached hydrogens (tertiary/aromatic N) is 3. The quantitative estimate of drug-likeness (QED) is 0.355. The first-order chi connectivity index (χ1) is 19.2. The van der Waals surface area contributed by atoms with Crippen LogP contribution in [0.3, 0.4) is 0 Å². The van der Waals surface area contributed by atoms with Crippen LogP contribution in [0, 0.1) is 0 Å². The fraction of sp³-hybridized carbons (Fsp3) is 0.212. The Morgan fingerprint density at radius 1 is 0.718 bits per heavy atom. The topological polar surface area (TPSA) is 53.1 Å². The summed E-state index contributed by atoms with van der Waals surface area (Å²) >= 11 is 0. The number of fused-ring (bicyclic) bond motifs is 1. The maximum atomic E-state index is 13.4. The Balaban J connectivity index is 1.11. The third kappa shape index (κ3) is 5.29. The SMILES string of the molecule is O=C(c1ccc(CN2C(=O)COc3ccccc32)cc1)N1CCN(C(c2ccccc2)c2ccccc2)CC1. The predicted molar refractivity (Wildman–Crippen MR) is 152 cm³/mol. The molecule has 39 heavy (non-hydrogen) atoms. The highest BCUT2D eigenvalue weighted by Crippen LogP contribution is 2.33. The number of piperazine rings is 1. The first kappa shape index (κ1) is 24.9. The van der Waals surface area contributed by atoms with Gasteiger partial charge >= 0.3 is 0 Å². The van der Waals surface area contributed by atoms with Crippen LogP contribution >= 0.6 is 0 Å². The van der Waals surface area contributed by atoms with Gasteiger partial charge in [0.2, 0.25) is 0 Å². The highest BCUT2D eigenvalue weighted by molar-refractivity contribution is 5.98. The summed E-state index contributed by atoms with van der Waals surface area (Å²) in [5.74, 6) is 0.686. The van der Waals surface area contributed by atoms with E-state index in [1.165, 1.54) is 11.1 Å². The molecule has 0 N–H and O–H groups in total. The molecule has 2 aliphatic heterocycles. The lowest BCUT2D eigenvalue weighted by Crippen LogP contribution is -2.49. The minimum atomic E-state index is -0.0731. The van der Waals surface area contributed by atoms with E-state index in [2.05, 4.69) is 53.4 Å². The largest absolute Gasteiger partial charge is 0.482 e. The lowest BCUT2D eigenvalue weighted by atomic mass is 9.96. The van der Waals surface area contributed by atoms with Crippen LogP contribution in [-0.4, -0.2) is 54.4 Å². The number of hydrogen-bond acceptors (Lipinski definition) is 4. The molecule has 2 aliphatic rings. The molecule has 0 unspecified atom stereocenters. The third-order valence-electron chi connectivity index (χ3n) is 7.55. The summed E-state index contributed by atoms with van der Waals surface area (Å²) in [6.45, 7) is 3.43. The van der Waals surface area contributed by atoms with Crippen molar-refractivity contribution in [2.45, 2.75) is 12.6 Å². The molecule has 0 atom stereocenters. The molecule has 0 aliphatic carbocycles. The number of amides is 2. The fourth-order valence-corrected chi connectivity index (χ4v) is 5.51. The molecular weight excluding hydrogens is 486 g/mol. The van der Waals surface area contributed by atoms with Gasteiger partial charge in [-0.1, -0.05) is 84.9 Å². The van der Waals surface area contributed by atoms with Crippen LogP contribution in [0.1, 0.15) is 33.1 Å². The van der Waals surface area contributed by atoms with E-state index < -0.39 is 0 Å². The van der Waals surface area contributed by atoms with E-state index in [-0.39, 0.29) is 24.5 Å². The van der Waals surface area contributed by atoms with E-state index >= 15 is 0 Å². The van der Waals surface area contributed by atoms with Crippen LogP contribution in [0.5, 0.6) is 5.75 Å². The van der Waals surface area contributed by atoms with Gasteiger partial charge in [0, 0.05) is 31.7 Å². The molecule has 196 valence electrons. The van der Waals surface area contributed by atoms with Crippen LogP contribution in [-0.2, 0) is 11.3 Å². The second kappa shape index (κ2) is 11.1. The zero-order valence-corrected chi connectivity index (χ0v) is 21.8. The second-order valence-corrected chi connectivity index (χ2v) is 9.99. The standard InChI is InChI=1S/C33H31N3O3/c37-31-24-39-30-14-8-7-13-29(30)36(31)23-25-15-17-28(18-16-25)33(38)35-21-19-34(20-22-35)32(26-9-3-1-4-10-26)27-11-5-2-6-12-27/h1-18,32H,19-24H2. The van der Waals surface area contributed by atoms with Crippen molar-refractivity contribution in [1.29, 1.82) is 0 Å². The van der Waals surface area contributed by atoms with E-state index in [1.807, 2.05) is 65.6 Å². The molecule has 4 aromatic carbocycles. The van der Waals surface area contributed by atoms with Gasteiger partial charge in [-0.3, -0.25) is 14.5 Å². The van der Waals surface area contributed by atoms with Gasteiger partial charge in [-0.2, -0.15) is 0 Å². The summed E-state index contributed by atoms with van der Waals surface area (Å²) < 4.78 is 5.55. The lowest BCUT2D eigenvalue weighted by molar-refractivity contribution is -0.121. The van der Waals surface area contributed by atoms with Gasteiger partial charge in [-0.25, -0.2) is 0 Å². The maximum Gasteiger partial charge on any atom is 0.265 e. The first-order valence-corrected chi connectivity index (χ1v) is 13.4. The number of ether oxygens (including phenoxy) is 1. The Kier molecular flexibility index (Phi) is 7.11. The monoisotopic (exact) mass is 517 g/mol. The van der Waals surface area contributed by atoms with Crippen molar-refractivity contribution < 1.29 is 14.3 Å². The Bertz CT molecular complexity index is 1390. The predicted octanol–water partition coefficient (Wildman–Crippen LogP) is 5.16. The fourth-order valence-electron chi connectivity index (χ4n) is 5.51. The van der Waals surface area contributed by atoms with Crippen molar-refractivity contribution in [2.24, 2.45) is 0 Å². The summed E-state index contributed by atoms with van der Waals surface area (Å²) in [5.41, 5.74) is 4.94. The van der Waals surface area contributed by atoms with E-state index in [0.29, 0.717) is 30.9 Å². The molecule has 4 aromatic rings. The third-order valence-corrected chi connectivity index (χ3v) is 7.55. The van der Waals surface area contributed by atoms with Crippen molar-refractivity contribution in [3.8, 4) is 5.75 Å². The lowest BCUT2D eigenvalue weighted by Gasteiger charge is -2.39. The highest BCUT2D eigenvalue weighted by atomic mass is 16.5. The van der Waals surface area contributed by atoms with Crippen LogP contribution in [0.2, 0.25) is 0 Å². The van der Waals surface area contributed by atoms with E-state index in [4.69, 9.17) is 4.74 Å². The van der Waals surface area contributed by atoms with Gasteiger partial charge in [0.15, 0.2) is 6.61 Å². The van der Waals surface area contributed by atoms with Crippen molar-refractivity contribution >= 4 is 17.5 Å². The molecule has 0 aromatic heterocycles.